The topological polar surface area (TPSA) is 67.5 Å². The van der Waals surface area contributed by atoms with E-state index < -0.39 is 9.84 Å². The quantitative estimate of drug-likeness (QED) is 0.804. The zero-order valence-electron chi connectivity index (χ0n) is 10.5. The van der Waals surface area contributed by atoms with Gasteiger partial charge in [-0.1, -0.05) is 18.2 Å². The van der Waals surface area contributed by atoms with Gasteiger partial charge in [0.15, 0.2) is 0 Å². The Bertz CT molecular complexity index is 848. The molecule has 0 bridgehead atoms. The Kier molecular flexibility index (Phi) is 3.08. The standard InChI is InChI=1S/C15H12O4S/c16-10-12-9-14(8-11-6-7-19-15(11)12)20(17,18)13-4-2-1-3-5-13/h1-9,16H,10H2. The minimum absolute atomic E-state index is 0.154. The minimum atomic E-state index is -3.59. The first-order valence-corrected chi connectivity index (χ1v) is 7.52. The van der Waals surface area contributed by atoms with Gasteiger partial charge in [0.2, 0.25) is 9.84 Å². The van der Waals surface area contributed by atoms with E-state index >= 15 is 0 Å². The third kappa shape index (κ3) is 2.01. The van der Waals surface area contributed by atoms with Gasteiger partial charge in [-0.05, 0) is 30.3 Å². The second-order valence-electron chi connectivity index (χ2n) is 4.40. The first kappa shape index (κ1) is 12.9. The van der Waals surface area contributed by atoms with Gasteiger partial charge in [-0.3, -0.25) is 0 Å². The highest BCUT2D eigenvalue weighted by atomic mass is 32.2. The van der Waals surface area contributed by atoms with Crippen molar-refractivity contribution in [3.8, 4) is 0 Å². The lowest BCUT2D eigenvalue weighted by molar-refractivity contribution is 0.281. The molecule has 5 heteroatoms. The van der Waals surface area contributed by atoms with Crippen molar-refractivity contribution in [3.63, 3.8) is 0 Å². The van der Waals surface area contributed by atoms with E-state index in [9.17, 15) is 13.5 Å². The number of hydrogen-bond acceptors (Lipinski definition) is 4. The van der Waals surface area contributed by atoms with Crippen molar-refractivity contribution in [2.45, 2.75) is 16.4 Å². The molecule has 0 amide bonds. The summed E-state index contributed by atoms with van der Waals surface area (Å²) in [6, 6.07) is 12.9. The Morgan fingerprint density at radius 1 is 1.00 bits per heavy atom. The van der Waals surface area contributed by atoms with Crippen LogP contribution >= 0.6 is 0 Å². The smallest absolute Gasteiger partial charge is 0.206 e. The molecule has 0 unspecified atom stereocenters. The van der Waals surface area contributed by atoms with Crippen LogP contribution in [0.5, 0.6) is 0 Å². The molecule has 102 valence electrons. The van der Waals surface area contributed by atoms with E-state index in [1.807, 2.05) is 0 Å². The van der Waals surface area contributed by atoms with Crippen molar-refractivity contribution in [2.24, 2.45) is 0 Å². The molecule has 1 heterocycles. The van der Waals surface area contributed by atoms with E-state index in [1.165, 1.54) is 12.3 Å². The molecular weight excluding hydrogens is 276 g/mol. The summed E-state index contributed by atoms with van der Waals surface area (Å²) in [5, 5.41) is 10.0. The number of hydrogen-bond donors (Lipinski definition) is 1. The van der Waals surface area contributed by atoms with E-state index in [0.29, 0.717) is 16.5 Å². The molecule has 1 N–H and O–H groups in total. The monoisotopic (exact) mass is 288 g/mol. The SMILES string of the molecule is O=S(=O)(c1ccccc1)c1cc(CO)c2occc2c1. The molecule has 0 saturated carbocycles. The van der Waals surface area contributed by atoms with Gasteiger partial charge in [-0.2, -0.15) is 0 Å². The average molecular weight is 288 g/mol. The molecule has 3 aromatic rings. The fourth-order valence-electron chi connectivity index (χ4n) is 2.13. The van der Waals surface area contributed by atoms with Crippen molar-refractivity contribution in [3.05, 3.63) is 60.4 Å². The molecule has 0 radical (unpaired) electrons. The third-order valence-electron chi connectivity index (χ3n) is 3.14. The molecule has 0 atom stereocenters. The van der Waals surface area contributed by atoms with Crippen LogP contribution in [0.2, 0.25) is 0 Å². The lowest BCUT2D eigenvalue weighted by Crippen LogP contribution is -2.02. The summed E-state index contributed by atoms with van der Waals surface area (Å²) in [5.41, 5.74) is 0.974. The molecule has 0 aliphatic carbocycles. The molecule has 2 aromatic carbocycles. The highest BCUT2D eigenvalue weighted by Gasteiger charge is 2.19. The molecule has 20 heavy (non-hydrogen) atoms. The number of furan rings is 1. The lowest BCUT2D eigenvalue weighted by atomic mass is 10.2. The molecular formula is C15H12O4S. The van der Waals surface area contributed by atoms with Crippen LogP contribution in [0.15, 0.2) is 69.0 Å². The maximum absolute atomic E-state index is 12.6. The van der Waals surface area contributed by atoms with Crippen LogP contribution in [0.1, 0.15) is 5.56 Å². The van der Waals surface area contributed by atoms with Crippen molar-refractivity contribution < 1.29 is 17.9 Å². The number of fused-ring (bicyclic) bond motifs is 1. The van der Waals surface area contributed by atoms with E-state index in [1.54, 1.807) is 42.5 Å². The first-order chi connectivity index (χ1) is 9.63. The van der Waals surface area contributed by atoms with Gasteiger partial charge in [0.05, 0.1) is 22.7 Å². The van der Waals surface area contributed by atoms with Crippen LogP contribution in [0.4, 0.5) is 0 Å². The maximum atomic E-state index is 12.6. The van der Waals surface area contributed by atoms with Crippen molar-refractivity contribution in [1.29, 1.82) is 0 Å². The first-order valence-electron chi connectivity index (χ1n) is 6.04. The Hall–Kier alpha value is -2.11. The van der Waals surface area contributed by atoms with Gasteiger partial charge < -0.3 is 9.52 Å². The predicted molar refractivity (Wildman–Crippen MR) is 74.0 cm³/mol. The summed E-state index contributed by atoms with van der Waals surface area (Å²) < 4.78 is 30.4. The lowest BCUT2D eigenvalue weighted by Gasteiger charge is -2.07. The van der Waals surface area contributed by atoms with E-state index in [-0.39, 0.29) is 16.4 Å². The Morgan fingerprint density at radius 3 is 2.45 bits per heavy atom. The van der Waals surface area contributed by atoms with Crippen molar-refractivity contribution in [1.82, 2.24) is 0 Å². The normalized spacial score (nSPS) is 11.8. The zero-order valence-corrected chi connectivity index (χ0v) is 11.3. The molecule has 1 aromatic heterocycles. The van der Waals surface area contributed by atoms with Gasteiger partial charge >= 0.3 is 0 Å². The summed E-state index contributed by atoms with van der Waals surface area (Å²) in [4.78, 5) is 0.383. The number of aliphatic hydroxyl groups is 1. The van der Waals surface area contributed by atoms with Crippen LogP contribution < -0.4 is 0 Å². The number of aliphatic hydroxyl groups excluding tert-OH is 1. The minimum Gasteiger partial charge on any atom is -0.464 e. The Balaban J connectivity index is 2.24. The fourth-order valence-corrected chi connectivity index (χ4v) is 3.50. The van der Waals surface area contributed by atoms with Crippen LogP contribution in [-0.2, 0) is 16.4 Å². The number of sulfone groups is 1. The zero-order chi connectivity index (χ0) is 14.2. The van der Waals surface area contributed by atoms with Crippen LogP contribution in [0.3, 0.4) is 0 Å². The fraction of sp³-hybridized carbons (Fsp3) is 0.0667. The number of benzene rings is 2. The van der Waals surface area contributed by atoms with Gasteiger partial charge in [0, 0.05) is 10.9 Å². The summed E-state index contributed by atoms with van der Waals surface area (Å²) in [7, 11) is -3.59. The highest BCUT2D eigenvalue weighted by molar-refractivity contribution is 7.91. The molecule has 0 spiro atoms. The maximum Gasteiger partial charge on any atom is 0.206 e. The van der Waals surface area contributed by atoms with Gasteiger partial charge in [0.1, 0.15) is 5.58 Å². The summed E-state index contributed by atoms with van der Waals surface area (Å²) >= 11 is 0. The Labute approximate surface area is 116 Å². The van der Waals surface area contributed by atoms with Crippen LogP contribution in [0.25, 0.3) is 11.0 Å². The molecule has 0 aliphatic rings. The van der Waals surface area contributed by atoms with E-state index in [2.05, 4.69) is 0 Å². The molecule has 0 saturated heterocycles. The van der Waals surface area contributed by atoms with Crippen molar-refractivity contribution >= 4 is 20.8 Å². The average Bonchev–Trinajstić information content (AvgIpc) is 2.95. The molecule has 4 nitrogen and oxygen atoms in total. The summed E-state index contributed by atoms with van der Waals surface area (Å²) in [6.45, 7) is -0.276. The van der Waals surface area contributed by atoms with Crippen LogP contribution in [-0.4, -0.2) is 13.5 Å². The molecule has 0 aliphatic heterocycles. The summed E-state index contributed by atoms with van der Waals surface area (Å²) in [5.74, 6) is 0. The second-order valence-corrected chi connectivity index (χ2v) is 6.35. The van der Waals surface area contributed by atoms with Crippen molar-refractivity contribution in [2.75, 3.05) is 0 Å². The van der Waals surface area contributed by atoms with Crippen LogP contribution in [0, 0.1) is 0 Å². The second kappa shape index (κ2) is 4.77. The van der Waals surface area contributed by atoms with E-state index in [4.69, 9.17) is 4.42 Å². The highest BCUT2D eigenvalue weighted by Crippen LogP contribution is 2.28. The Morgan fingerprint density at radius 2 is 1.75 bits per heavy atom. The summed E-state index contributed by atoms with van der Waals surface area (Å²) in [6.07, 6.45) is 1.47. The van der Waals surface area contributed by atoms with Gasteiger partial charge in [-0.15, -0.1) is 0 Å². The van der Waals surface area contributed by atoms with Gasteiger partial charge in [0.25, 0.3) is 0 Å². The number of rotatable bonds is 3. The largest absolute Gasteiger partial charge is 0.464 e. The third-order valence-corrected chi connectivity index (χ3v) is 4.88. The predicted octanol–water partition coefficient (Wildman–Crippen LogP) is 2.76. The van der Waals surface area contributed by atoms with E-state index in [0.717, 1.165) is 0 Å². The molecule has 0 fully saturated rings. The molecule has 3 rings (SSSR count). The van der Waals surface area contributed by atoms with Gasteiger partial charge in [-0.25, -0.2) is 8.42 Å².